The monoisotopic (exact) mass is 495 g/mol. The summed E-state index contributed by atoms with van der Waals surface area (Å²) in [7, 11) is 0. The van der Waals surface area contributed by atoms with Crippen LogP contribution in [0, 0.1) is 0 Å². The maximum absolute atomic E-state index is 5.31. The van der Waals surface area contributed by atoms with Gasteiger partial charge in [0, 0.05) is 46.7 Å². The van der Waals surface area contributed by atoms with Crippen LogP contribution in [0.3, 0.4) is 0 Å². The third-order valence-electron chi connectivity index (χ3n) is 6.67. The van der Waals surface area contributed by atoms with Gasteiger partial charge in [-0.25, -0.2) is 14.3 Å². The maximum atomic E-state index is 5.31. The number of rotatable bonds is 6. The van der Waals surface area contributed by atoms with E-state index in [4.69, 9.17) is 4.98 Å². The fourth-order valence-electron chi connectivity index (χ4n) is 5.03. The Morgan fingerprint density at radius 3 is 1.47 bits per heavy atom. The first-order valence-electron chi connectivity index (χ1n) is 12.2. The van der Waals surface area contributed by atoms with E-state index in [1.807, 2.05) is 70.3 Å². The number of aromatic nitrogens is 9. The predicted molar refractivity (Wildman–Crippen MR) is 142 cm³/mol. The molecule has 0 aliphatic carbocycles. The van der Waals surface area contributed by atoms with Gasteiger partial charge in [-0.3, -0.25) is 9.97 Å². The minimum Gasteiger partial charge on any atom is -0.259 e. The average molecular weight is 496 g/mol. The summed E-state index contributed by atoms with van der Waals surface area (Å²) in [6.45, 7) is 0. The summed E-state index contributed by atoms with van der Waals surface area (Å²) in [6, 6.07) is 25.8. The summed E-state index contributed by atoms with van der Waals surface area (Å²) in [5.41, 5.74) is 5.43. The highest BCUT2D eigenvalue weighted by Crippen LogP contribution is 2.35. The zero-order chi connectivity index (χ0) is 25.3. The van der Waals surface area contributed by atoms with Gasteiger partial charge in [0.1, 0.15) is 12.1 Å². The molecule has 0 aliphatic heterocycles. The van der Waals surface area contributed by atoms with Crippen molar-refractivity contribution in [2.75, 3.05) is 0 Å². The zero-order valence-electron chi connectivity index (χ0n) is 20.1. The van der Waals surface area contributed by atoms with Crippen LogP contribution < -0.4 is 0 Å². The van der Waals surface area contributed by atoms with Crippen LogP contribution in [0.2, 0.25) is 0 Å². The molecular formula is C29H21N9. The van der Waals surface area contributed by atoms with Gasteiger partial charge in [-0.05, 0) is 30.3 Å². The lowest BCUT2D eigenvalue weighted by Gasteiger charge is -2.21. The average Bonchev–Trinajstić information content (AvgIpc) is 3.70. The summed E-state index contributed by atoms with van der Waals surface area (Å²) in [5, 5.41) is 18.9. The summed E-state index contributed by atoms with van der Waals surface area (Å²) in [6.07, 6.45) is 10.6. The number of fused-ring (bicyclic) bond motifs is 2. The molecular weight excluding hydrogens is 474 g/mol. The lowest BCUT2D eigenvalue weighted by atomic mass is 9.96. The van der Waals surface area contributed by atoms with Gasteiger partial charge in [0.25, 0.3) is 0 Å². The van der Waals surface area contributed by atoms with Crippen molar-refractivity contribution >= 4 is 21.8 Å². The Hall–Kier alpha value is -5.31. The van der Waals surface area contributed by atoms with Crippen LogP contribution in [0.5, 0.6) is 0 Å². The van der Waals surface area contributed by atoms with Crippen molar-refractivity contribution in [3.05, 3.63) is 139 Å². The first kappa shape index (κ1) is 21.9. The highest BCUT2D eigenvalue weighted by molar-refractivity contribution is 5.96. The first-order chi connectivity index (χ1) is 18.9. The van der Waals surface area contributed by atoms with E-state index in [2.05, 4.69) is 60.9 Å². The molecule has 182 valence electrons. The molecule has 38 heavy (non-hydrogen) atoms. The largest absolute Gasteiger partial charge is 0.259 e. The molecule has 0 radical (unpaired) electrons. The Balaban J connectivity index is 1.50. The van der Waals surface area contributed by atoms with Crippen molar-refractivity contribution < 1.29 is 0 Å². The zero-order valence-corrected chi connectivity index (χ0v) is 20.1. The quantitative estimate of drug-likeness (QED) is 0.310. The second kappa shape index (κ2) is 9.29. The lowest BCUT2D eigenvalue weighted by Crippen LogP contribution is -2.16. The topological polar surface area (TPSA) is 100 Å². The van der Waals surface area contributed by atoms with Gasteiger partial charge in [-0.15, -0.1) is 10.2 Å². The SMILES string of the molecule is c1ccc(C(c2cccc3cc4cccc(C(c5ccccn5)n5ccnn5)c4nc23)n2ccnn2)nc1. The van der Waals surface area contributed by atoms with E-state index in [9.17, 15) is 0 Å². The molecule has 5 heterocycles. The van der Waals surface area contributed by atoms with Gasteiger partial charge >= 0.3 is 0 Å². The third-order valence-corrected chi connectivity index (χ3v) is 6.67. The highest BCUT2D eigenvalue weighted by atomic mass is 15.4. The molecule has 9 nitrogen and oxygen atoms in total. The standard InChI is InChI=1S/C29H21N9/c1-3-13-30-24(11-1)28(37-17-15-32-35-37)22-9-5-7-20-19-21-8-6-10-23(27(21)34-26(20)22)29(38-18-16-33-36-38)25-12-2-4-14-31-25/h1-19,28-29H. The molecule has 5 aromatic heterocycles. The highest BCUT2D eigenvalue weighted by Gasteiger charge is 2.24. The van der Waals surface area contributed by atoms with E-state index in [0.717, 1.165) is 44.3 Å². The van der Waals surface area contributed by atoms with Gasteiger partial charge in [-0.2, -0.15) is 0 Å². The number of para-hydroxylation sites is 2. The molecule has 0 saturated carbocycles. The molecule has 0 bridgehead atoms. The predicted octanol–water partition coefficient (Wildman–Crippen LogP) is 4.64. The summed E-state index contributed by atoms with van der Waals surface area (Å²) in [5.74, 6) is 0. The molecule has 0 N–H and O–H groups in total. The Morgan fingerprint density at radius 2 is 1.05 bits per heavy atom. The molecule has 0 saturated heterocycles. The molecule has 7 aromatic rings. The van der Waals surface area contributed by atoms with E-state index >= 15 is 0 Å². The van der Waals surface area contributed by atoms with Crippen molar-refractivity contribution in [1.29, 1.82) is 0 Å². The van der Waals surface area contributed by atoms with Crippen molar-refractivity contribution in [3.8, 4) is 0 Å². The molecule has 7 rings (SSSR count). The van der Waals surface area contributed by atoms with Crippen LogP contribution in [0.15, 0.2) is 116 Å². The molecule has 9 heteroatoms. The van der Waals surface area contributed by atoms with Crippen molar-refractivity contribution in [3.63, 3.8) is 0 Å². The van der Waals surface area contributed by atoms with Crippen LogP contribution in [0.4, 0.5) is 0 Å². The third kappa shape index (κ3) is 3.77. The van der Waals surface area contributed by atoms with Crippen LogP contribution in [-0.2, 0) is 0 Å². The molecule has 0 fully saturated rings. The van der Waals surface area contributed by atoms with Crippen molar-refractivity contribution in [1.82, 2.24) is 44.9 Å². The Bertz CT molecular complexity index is 1680. The fourth-order valence-corrected chi connectivity index (χ4v) is 5.03. The van der Waals surface area contributed by atoms with Gasteiger partial charge in [0.15, 0.2) is 0 Å². The van der Waals surface area contributed by atoms with E-state index in [1.54, 1.807) is 24.8 Å². The van der Waals surface area contributed by atoms with Crippen LogP contribution in [0.1, 0.15) is 34.6 Å². The Labute approximate surface area is 217 Å². The second-order valence-corrected chi connectivity index (χ2v) is 8.91. The summed E-state index contributed by atoms with van der Waals surface area (Å²) in [4.78, 5) is 14.6. The molecule has 2 atom stereocenters. The van der Waals surface area contributed by atoms with Gasteiger partial charge in [-0.1, -0.05) is 59.0 Å². The number of hydrogen-bond acceptors (Lipinski definition) is 7. The van der Waals surface area contributed by atoms with E-state index < -0.39 is 0 Å². The summed E-state index contributed by atoms with van der Waals surface area (Å²) < 4.78 is 3.64. The van der Waals surface area contributed by atoms with E-state index in [-0.39, 0.29) is 12.1 Å². The van der Waals surface area contributed by atoms with Crippen molar-refractivity contribution in [2.24, 2.45) is 0 Å². The minimum absolute atomic E-state index is 0.290. The number of nitrogens with zero attached hydrogens (tertiary/aromatic N) is 9. The van der Waals surface area contributed by atoms with E-state index in [0.29, 0.717) is 0 Å². The first-order valence-corrected chi connectivity index (χ1v) is 12.2. The van der Waals surface area contributed by atoms with Gasteiger partial charge < -0.3 is 0 Å². The Morgan fingerprint density at radius 1 is 0.526 bits per heavy atom. The van der Waals surface area contributed by atoms with Crippen LogP contribution in [-0.4, -0.2) is 44.9 Å². The summed E-state index contributed by atoms with van der Waals surface area (Å²) >= 11 is 0. The molecule has 0 aliphatic rings. The number of benzene rings is 2. The fraction of sp³-hybridized carbons (Fsp3) is 0.0690. The normalized spacial score (nSPS) is 13.1. The van der Waals surface area contributed by atoms with Crippen LogP contribution in [0.25, 0.3) is 21.8 Å². The number of pyridine rings is 3. The van der Waals surface area contributed by atoms with Crippen LogP contribution >= 0.6 is 0 Å². The number of hydrogen-bond donors (Lipinski definition) is 0. The lowest BCUT2D eigenvalue weighted by molar-refractivity contribution is 0.560. The smallest absolute Gasteiger partial charge is 0.123 e. The molecule has 2 aromatic carbocycles. The van der Waals surface area contributed by atoms with Gasteiger partial charge in [0.05, 0.1) is 34.8 Å². The second-order valence-electron chi connectivity index (χ2n) is 8.91. The maximum Gasteiger partial charge on any atom is 0.123 e. The minimum atomic E-state index is -0.290. The molecule has 0 amide bonds. The van der Waals surface area contributed by atoms with E-state index in [1.165, 1.54) is 0 Å². The molecule has 0 spiro atoms. The van der Waals surface area contributed by atoms with Crippen molar-refractivity contribution in [2.45, 2.75) is 12.1 Å². The Kier molecular flexibility index (Phi) is 5.36. The molecule has 2 unspecified atom stereocenters. The van der Waals surface area contributed by atoms with Gasteiger partial charge in [0.2, 0.25) is 0 Å².